The summed E-state index contributed by atoms with van der Waals surface area (Å²) >= 11 is 6.48. The molecule has 1 aliphatic heterocycles. The number of aliphatic carboxylic acids is 1. The highest BCUT2D eigenvalue weighted by Crippen LogP contribution is 2.41. The largest absolute Gasteiger partial charge is 0.481 e. The number of nitro groups is 1. The molecule has 1 aliphatic rings. The molecule has 1 amide bonds. The van der Waals surface area contributed by atoms with Crippen molar-refractivity contribution >= 4 is 62.8 Å². The van der Waals surface area contributed by atoms with E-state index in [0.717, 1.165) is 28.2 Å². The minimum atomic E-state index is -0.936. The zero-order valence-corrected chi connectivity index (χ0v) is 20.5. The molecule has 0 radical (unpaired) electrons. The van der Waals surface area contributed by atoms with E-state index in [1.54, 1.807) is 36.7 Å². The van der Waals surface area contributed by atoms with Crippen molar-refractivity contribution in [1.29, 1.82) is 0 Å². The Bertz CT molecular complexity index is 1410. The summed E-state index contributed by atoms with van der Waals surface area (Å²) in [6.07, 6.45) is 1.90. The fraction of sp³-hybridized carbons (Fsp3) is 0.208. The lowest BCUT2D eigenvalue weighted by Crippen LogP contribution is -2.29. The molecule has 4 rings (SSSR count). The van der Waals surface area contributed by atoms with Gasteiger partial charge in [0.05, 0.1) is 15.3 Å². The number of carbonyl (C=O) groups excluding carboxylic acids is 1. The molecule has 1 saturated heterocycles. The van der Waals surface area contributed by atoms with Crippen LogP contribution in [0.4, 0.5) is 5.69 Å². The molecule has 1 N–H and O–H groups in total. The third-order valence-corrected chi connectivity index (χ3v) is 6.91. The number of carbonyl (C=O) groups is 2. The minimum absolute atomic E-state index is 0.0627. The Morgan fingerprint density at radius 1 is 1.29 bits per heavy atom. The number of para-hydroxylation sites is 1. The van der Waals surface area contributed by atoms with Crippen LogP contribution >= 0.6 is 24.0 Å². The van der Waals surface area contributed by atoms with Gasteiger partial charge < -0.3 is 14.4 Å². The van der Waals surface area contributed by atoms with Gasteiger partial charge in [0.25, 0.3) is 5.91 Å². The van der Waals surface area contributed by atoms with Gasteiger partial charge in [0.1, 0.15) is 4.32 Å². The molecule has 3 aromatic rings. The normalized spacial score (nSPS) is 14.8. The number of hydrogen-bond donors (Lipinski definition) is 1. The number of carboxylic acid groups (broad SMARTS) is 1. The number of amides is 1. The Balaban J connectivity index is 1.76. The summed E-state index contributed by atoms with van der Waals surface area (Å²) in [7, 11) is 1.78. The monoisotopic (exact) mass is 511 g/mol. The predicted octanol–water partition coefficient (Wildman–Crippen LogP) is 5.25. The molecule has 1 aromatic heterocycles. The second-order valence-corrected chi connectivity index (χ2v) is 9.63. The first-order valence-corrected chi connectivity index (χ1v) is 11.9. The van der Waals surface area contributed by atoms with Gasteiger partial charge >= 0.3 is 11.7 Å². The van der Waals surface area contributed by atoms with Crippen LogP contribution in [0.2, 0.25) is 0 Å². The number of hydrogen-bond acceptors (Lipinski definition) is 7. The van der Waals surface area contributed by atoms with Crippen molar-refractivity contribution in [1.82, 2.24) is 9.47 Å². The standard InChI is InChI=1S/C24H21N3O6S2/c1-14-9-10-19(18(12-14)27(31)32)33-23-16(15-6-3-4-7-17(15)25(23)2)13-20-22(30)26(24(34)35-20)11-5-8-21(28)29/h3-4,6-7,9-10,12-13H,5,8,11H2,1-2H3,(H,28,29)/b20-13+. The molecule has 0 unspecified atom stereocenters. The van der Waals surface area contributed by atoms with Crippen LogP contribution in [0.25, 0.3) is 17.0 Å². The molecule has 35 heavy (non-hydrogen) atoms. The van der Waals surface area contributed by atoms with E-state index in [-0.39, 0.29) is 36.7 Å². The van der Waals surface area contributed by atoms with Gasteiger partial charge in [-0.2, -0.15) is 0 Å². The van der Waals surface area contributed by atoms with Gasteiger partial charge in [0.2, 0.25) is 11.6 Å². The number of nitrogens with zero attached hydrogens (tertiary/aromatic N) is 3. The van der Waals surface area contributed by atoms with Crippen molar-refractivity contribution in [2.24, 2.45) is 7.05 Å². The number of ether oxygens (including phenoxy) is 1. The third kappa shape index (κ3) is 4.91. The van der Waals surface area contributed by atoms with E-state index in [4.69, 9.17) is 22.1 Å². The molecule has 0 saturated carbocycles. The number of aromatic nitrogens is 1. The molecular formula is C24H21N3O6S2. The van der Waals surface area contributed by atoms with Crippen LogP contribution in [-0.4, -0.2) is 42.2 Å². The van der Waals surface area contributed by atoms with E-state index in [1.165, 1.54) is 11.0 Å². The maximum absolute atomic E-state index is 13.1. The van der Waals surface area contributed by atoms with Crippen LogP contribution < -0.4 is 4.74 Å². The first-order chi connectivity index (χ1) is 16.7. The number of thiocarbonyl (C=S) groups is 1. The SMILES string of the molecule is Cc1ccc(Oc2c(/C=C3/SC(=S)N(CCCC(=O)O)C3=O)c3ccccc3n2C)c([N+](=O)[O-])c1. The number of aryl methyl sites for hydroxylation is 2. The summed E-state index contributed by atoms with van der Waals surface area (Å²) in [5.41, 5.74) is 1.98. The summed E-state index contributed by atoms with van der Waals surface area (Å²) in [6, 6.07) is 12.2. The van der Waals surface area contributed by atoms with E-state index in [9.17, 15) is 19.7 Å². The molecule has 180 valence electrons. The summed E-state index contributed by atoms with van der Waals surface area (Å²) in [5.74, 6) is -0.823. The number of rotatable bonds is 8. The number of nitro benzene ring substituents is 1. The van der Waals surface area contributed by atoms with Gasteiger partial charge in [-0.25, -0.2) is 0 Å². The van der Waals surface area contributed by atoms with Crippen LogP contribution in [0.3, 0.4) is 0 Å². The van der Waals surface area contributed by atoms with Crippen molar-refractivity contribution in [3.05, 3.63) is 68.6 Å². The fourth-order valence-corrected chi connectivity index (χ4v) is 5.13. The fourth-order valence-electron chi connectivity index (χ4n) is 3.83. The van der Waals surface area contributed by atoms with Gasteiger partial charge in [-0.15, -0.1) is 0 Å². The first-order valence-electron chi connectivity index (χ1n) is 10.6. The average Bonchev–Trinajstić information content (AvgIpc) is 3.23. The van der Waals surface area contributed by atoms with Gasteiger partial charge in [0.15, 0.2) is 0 Å². The Kier molecular flexibility index (Phi) is 6.90. The Hall–Kier alpha value is -3.70. The van der Waals surface area contributed by atoms with E-state index < -0.39 is 10.9 Å². The highest BCUT2D eigenvalue weighted by molar-refractivity contribution is 8.26. The number of thioether (sulfide) groups is 1. The van der Waals surface area contributed by atoms with Crippen LogP contribution in [0.5, 0.6) is 11.6 Å². The van der Waals surface area contributed by atoms with Gasteiger partial charge in [-0.1, -0.05) is 48.2 Å². The molecule has 11 heteroatoms. The predicted molar refractivity (Wildman–Crippen MR) is 138 cm³/mol. The van der Waals surface area contributed by atoms with Crippen molar-refractivity contribution in [2.45, 2.75) is 19.8 Å². The quantitative estimate of drug-likeness (QED) is 0.189. The first kappa shape index (κ1) is 24.4. The number of fused-ring (bicyclic) bond motifs is 1. The topological polar surface area (TPSA) is 115 Å². The summed E-state index contributed by atoms with van der Waals surface area (Å²) in [6.45, 7) is 1.97. The van der Waals surface area contributed by atoms with Crippen molar-refractivity contribution in [2.75, 3.05) is 6.54 Å². The molecule has 2 heterocycles. The lowest BCUT2D eigenvalue weighted by atomic mass is 10.1. The second kappa shape index (κ2) is 9.88. The molecular weight excluding hydrogens is 490 g/mol. The molecule has 2 aromatic carbocycles. The zero-order valence-electron chi connectivity index (χ0n) is 18.9. The van der Waals surface area contributed by atoms with Crippen LogP contribution in [0.15, 0.2) is 47.4 Å². The summed E-state index contributed by atoms with van der Waals surface area (Å²) in [5, 5.41) is 21.3. The molecule has 0 bridgehead atoms. The minimum Gasteiger partial charge on any atom is -0.481 e. The van der Waals surface area contributed by atoms with E-state index in [0.29, 0.717) is 20.7 Å². The summed E-state index contributed by atoms with van der Waals surface area (Å²) < 4.78 is 8.23. The zero-order chi connectivity index (χ0) is 25.3. The third-order valence-electron chi connectivity index (χ3n) is 5.53. The number of benzene rings is 2. The van der Waals surface area contributed by atoms with Crippen molar-refractivity contribution in [3.63, 3.8) is 0 Å². The van der Waals surface area contributed by atoms with E-state index in [1.807, 2.05) is 24.3 Å². The smallest absolute Gasteiger partial charge is 0.311 e. The lowest BCUT2D eigenvalue weighted by molar-refractivity contribution is -0.385. The van der Waals surface area contributed by atoms with Gasteiger partial charge in [0, 0.05) is 37.0 Å². The maximum atomic E-state index is 13.1. The lowest BCUT2D eigenvalue weighted by Gasteiger charge is -2.13. The Labute approximate surface area is 210 Å². The van der Waals surface area contributed by atoms with Gasteiger partial charge in [-0.3, -0.25) is 24.6 Å². The van der Waals surface area contributed by atoms with Crippen LogP contribution in [0, 0.1) is 17.0 Å². The molecule has 1 fully saturated rings. The average molecular weight is 512 g/mol. The van der Waals surface area contributed by atoms with E-state index >= 15 is 0 Å². The van der Waals surface area contributed by atoms with Crippen molar-refractivity contribution in [3.8, 4) is 11.6 Å². The molecule has 0 aliphatic carbocycles. The van der Waals surface area contributed by atoms with Crippen molar-refractivity contribution < 1.29 is 24.4 Å². The Morgan fingerprint density at radius 2 is 2.03 bits per heavy atom. The number of carboxylic acids is 1. The molecule has 9 nitrogen and oxygen atoms in total. The highest BCUT2D eigenvalue weighted by Gasteiger charge is 2.33. The molecule has 0 spiro atoms. The van der Waals surface area contributed by atoms with Gasteiger partial charge in [-0.05, 0) is 37.1 Å². The Morgan fingerprint density at radius 3 is 2.74 bits per heavy atom. The maximum Gasteiger partial charge on any atom is 0.311 e. The van der Waals surface area contributed by atoms with Crippen LogP contribution in [0.1, 0.15) is 24.0 Å². The van der Waals surface area contributed by atoms with E-state index in [2.05, 4.69) is 0 Å². The van der Waals surface area contributed by atoms with Crippen LogP contribution in [-0.2, 0) is 16.6 Å². The molecule has 0 atom stereocenters. The highest BCUT2D eigenvalue weighted by atomic mass is 32.2. The second-order valence-electron chi connectivity index (χ2n) is 7.96. The summed E-state index contributed by atoms with van der Waals surface area (Å²) in [4.78, 5) is 36.8.